The number of rotatable bonds is 2. The van der Waals surface area contributed by atoms with E-state index in [1.807, 2.05) is 0 Å². The van der Waals surface area contributed by atoms with Crippen LogP contribution in [0.15, 0.2) is 6.33 Å². The second kappa shape index (κ2) is 2.81. The van der Waals surface area contributed by atoms with Crippen molar-refractivity contribution in [1.29, 1.82) is 0 Å². The Kier molecular flexibility index (Phi) is 2.14. The molecule has 0 spiro atoms. The summed E-state index contributed by atoms with van der Waals surface area (Å²) in [5.74, 6) is 0.265. The lowest BCUT2D eigenvalue weighted by atomic mass is 10.2. The Hall–Kier alpha value is -0.980. The molecule has 0 saturated heterocycles. The summed E-state index contributed by atoms with van der Waals surface area (Å²) >= 11 is 0. The van der Waals surface area contributed by atoms with Crippen LogP contribution >= 0.6 is 0 Å². The SMILES string of the molecule is CC(C)c1nncn1C(O)(O)O. The molecule has 0 aromatic carbocycles. The zero-order valence-electron chi connectivity index (χ0n) is 6.84. The second-order valence-electron chi connectivity index (χ2n) is 2.81. The van der Waals surface area contributed by atoms with Gasteiger partial charge in [-0.2, -0.15) is 0 Å². The van der Waals surface area contributed by atoms with Gasteiger partial charge < -0.3 is 15.3 Å². The van der Waals surface area contributed by atoms with Crippen LogP contribution in [0.2, 0.25) is 0 Å². The zero-order chi connectivity index (χ0) is 9.35. The highest BCUT2D eigenvalue weighted by Gasteiger charge is 2.26. The standard InChI is InChI=1S/C6H11N3O3/c1-4(2)5-8-7-3-9(5)6(10,11)12/h3-4,10-12H,1-2H3. The van der Waals surface area contributed by atoms with Gasteiger partial charge in [-0.3, -0.25) is 0 Å². The second-order valence-corrected chi connectivity index (χ2v) is 2.81. The van der Waals surface area contributed by atoms with E-state index in [2.05, 4.69) is 10.2 Å². The van der Waals surface area contributed by atoms with Crippen LogP contribution < -0.4 is 0 Å². The Bertz CT molecular complexity index is 263. The van der Waals surface area contributed by atoms with Crippen molar-refractivity contribution >= 4 is 0 Å². The number of hydrogen-bond donors (Lipinski definition) is 3. The van der Waals surface area contributed by atoms with E-state index in [0.717, 1.165) is 10.9 Å². The molecule has 3 N–H and O–H groups in total. The van der Waals surface area contributed by atoms with Gasteiger partial charge in [0.25, 0.3) is 0 Å². The molecular formula is C6H11N3O3. The number of nitrogens with zero attached hydrogens (tertiary/aromatic N) is 3. The molecular weight excluding hydrogens is 162 g/mol. The smallest absolute Gasteiger partial charge is 0.325 e. The molecule has 6 heteroatoms. The lowest BCUT2D eigenvalue weighted by molar-refractivity contribution is -0.376. The van der Waals surface area contributed by atoms with Gasteiger partial charge in [0, 0.05) is 5.92 Å². The highest BCUT2D eigenvalue weighted by molar-refractivity contribution is 4.92. The molecule has 0 amide bonds. The maximum atomic E-state index is 8.80. The monoisotopic (exact) mass is 173 g/mol. The van der Waals surface area contributed by atoms with Gasteiger partial charge in [-0.1, -0.05) is 13.8 Å². The summed E-state index contributed by atoms with van der Waals surface area (Å²) in [5, 5.41) is 33.5. The average molecular weight is 173 g/mol. The molecule has 6 nitrogen and oxygen atoms in total. The molecule has 68 valence electrons. The molecule has 0 radical (unpaired) electrons. The van der Waals surface area contributed by atoms with Crippen LogP contribution in [0.25, 0.3) is 0 Å². The molecule has 0 atom stereocenters. The van der Waals surface area contributed by atoms with E-state index in [1.54, 1.807) is 13.8 Å². The van der Waals surface area contributed by atoms with Crippen molar-refractivity contribution in [3.05, 3.63) is 12.2 Å². The van der Waals surface area contributed by atoms with E-state index in [1.165, 1.54) is 0 Å². The predicted octanol–water partition coefficient (Wildman–Crippen LogP) is -1.05. The molecule has 0 aliphatic carbocycles. The zero-order valence-corrected chi connectivity index (χ0v) is 6.84. The first-order valence-corrected chi connectivity index (χ1v) is 3.50. The predicted molar refractivity (Wildman–Crippen MR) is 38.7 cm³/mol. The van der Waals surface area contributed by atoms with Crippen molar-refractivity contribution in [3.63, 3.8) is 0 Å². The minimum Gasteiger partial charge on any atom is -0.325 e. The van der Waals surface area contributed by atoms with Crippen molar-refractivity contribution in [1.82, 2.24) is 14.8 Å². The fourth-order valence-electron chi connectivity index (χ4n) is 0.869. The van der Waals surface area contributed by atoms with Gasteiger partial charge in [-0.25, -0.2) is 4.57 Å². The van der Waals surface area contributed by atoms with Crippen molar-refractivity contribution in [2.24, 2.45) is 0 Å². The van der Waals surface area contributed by atoms with Crippen LogP contribution in [0, 0.1) is 0 Å². The number of aliphatic hydroxyl groups is 3. The molecule has 0 aliphatic rings. The summed E-state index contributed by atoms with van der Waals surface area (Å²) in [6.45, 7) is 3.60. The van der Waals surface area contributed by atoms with Gasteiger partial charge in [0.1, 0.15) is 12.2 Å². The first kappa shape index (κ1) is 9.11. The lowest BCUT2D eigenvalue weighted by Gasteiger charge is -2.17. The summed E-state index contributed by atoms with van der Waals surface area (Å²) in [7, 11) is 0. The van der Waals surface area contributed by atoms with E-state index < -0.39 is 6.10 Å². The minimum atomic E-state index is -2.91. The first-order chi connectivity index (χ1) is 5.43. The molecule has 0 fully saturated rings. The van der Waals surface area contributed by atoms with E-state index in [4.69, 9.17) is 15.3 Å². The highest BCUT2D eigenvalue weighted by atomic mass is 16.7. The van der Waals surface area contributed by atoms with E-state index in [9.17, 15) is 0 Å². The molecule has 0 aliphatic heterocycles. The molecule has 0 unspecified atom stereocenters. The first-order valence-electron chi connectivity index (χ1n) is 3.50. The Labute approximate surface area is 69.1 Å². The number of aromatic nitrogens is 3. The third-order valence-corrected chi connectivity index (χ3v) is 1.41. The average Bonchev–Trinajstić information content (AvgIpc) is 2.30. The lowest BCUT2D eigenvalue weighted by Crippen LogP contribution is -2.33. The molecule has 0 saturated carbocycles. The molecule has 1 aromatic heterocycles. The summed E-state index contributed by atoms with van der Waals surface area (Å²) in [4.78, 5) is 0. The minimum absolute atomic E-state index is 0.0432. The topological polar surface area (TPSA) is 91.4 Å². The van der Waals surface area contributed by atoms with Crippen LogP contribution in [0.4, 0.5) is 0 Å². The maximum absolute atomic E-state index is 8.80. The van der Waals surface area contributed by atoms with Gasteiger partial charge in [0.2, 0.25) is 0 Å². The van der Waals surface area contributed by atoms with E-state index >= 15 is 0 Å². The molecule has 0 bridgehead atoms. The van der Waals surface area contributed by atoms with Crippen molar-refractivity contribution < 1.29 is 15.3 Å². The normalized spacial score (nSPS) is 12.5. The third-order valence-electron chi connectivity index (χ3n) is 1.41. The van der Waals surface area contributed by atoms with Crippen molar-refractivity contribution in [2.45, 2.75) is 25.9 Å². The van der Waals surface area contributed by atoms with E-state index in [-0.39, 0.29) is 5.92 Å². The molecule has 12 heavy (non-hydrogen) atoms. The number of hydrogen-bond acceptors (Lipinski definition) is 5. The Morgan fingerprint density at radius 1 is 1.42 bits per heavy atom. The van der Waals surface area contributed by atoms with Gasteiger partial charge in [-0.05, 0) is 0 Å². The van der Waals surface area contributed by atoms with Crippen molar-refractivity contribution in [2.75, 3.05) is 0 Å². The quantitative estimate of drug-likeness (QED) is 0.496. The maximum Gasteiger partial charge on any atom is 0.375 e. The van der Waals surface area contributed by atoms with Crippen LogP contribution in [0.5, 0.6) is 0 Å². The van der Waals surface area contributed by atoms with E-state index in [0.29, 0.717) is 5.82 Å². The Morgan fingerprint density at radius 3 is 2.33 bits per heavy atom. The largest absolute Gasteiger partial charge is 0.375 e. The van der Waals surface area contributed by atoms with Gasteiger partial charge in [-0.15, -0.1) is 10.2 Å². The van der Waals surface area contributed by atoms with Crippen LogP contribution in [-0.4, -0.2) is 30.1 Å². The Balaban J connectivity index is 3.08. The van der Waals surface area contributed by atoms with Gasteiger partial charge in [0.15, 0.2) is 0 Å². The highest BCUT2D eigenvalue weighted by Crippen LogP contribution is 2.14. The van der Waals surface area contributed by atoms with Crippen LogP contribution in [0.3, 0.4) is 0 Å². The fraction of sp³-hybridized carbons (Fsp3) is 0.667. The van der Waals surface area contributed by atoms with Crippen molar-refractivity contribution in [3.8, 4) is 0 Å². The van der Waals surface area contributed by atoms with Crippen LogP contribution in [0.1, 0.15) is 25.6 Å². The molecule has 1 aromatic rings. The fourth-order valence-corrected chi connectivity index (χ4v) is 0.869. The Morgan fingerprint density at radius 2 is 2.00 bits per heavy atom. The summed E-state index contributed by atoms with van der Waals surface area (Å²) < 4.78 is 0.789. The van der Waals surface area contributed by atoms with Gasteiger partial charge >= 0.3 is 6.10 Å². The summed E-state index contributed by atoms with van der Waals surface area (Å²) in [5.41, 5.74) is 0. The van der Waals surface area contributed by atoms with Gasteiger partial charge in [0.05, 0.1) is 0 Å². The summed E-state index contributed by atoms with van der Waals surface area (Å²) in [6.07, 6.45) is -1.86. The molecule has 1 heterocycles. The van der Waals surface area contributed by atoms with Crippen LogP contribution in [-0.2, 0) is 6.10 Å². The molecule has 1 rings (SSSR count). The summed E-state index contributed by atoms with van der Waals surface area (Å²) in [6, 6.07) is 0. The third kappa shape index (κ3) is 1.60.